The lowest BCUT2D eigenvalue weighted by Gasteiger charge is -2.18. The number of carbonyl (C=O) groups is 3. The lowest BCUT2D eigenvalue weighted by molar-refractivity contribution is -0.166. The average Bonchev–Trinajstić information content (AvgIpc) is 3.44. The molecule has 6 heteroatoms. The van der Waals surface area contributed by atoms with Crippen LogP contribution in [-0.4, -0.2) is 37.2 Å². The van der Waals surface area contributed by atoms with Gasteiger partial charge in [0.15, 0.2) is 6.10 Å². The van der Waals surface area contributed by atoms with E-state index in [-0.39, 0.29) is 31.6 Å². The van der Waals surface area contributed by atoms with E-state index in [1.807, 2.05) is 12.2 Å². The van der Waals surface area contributed by atoms with Gasteiger partial charge in [-0.1, -0.05) is 255 Å². The first-order valence-electron chi connectivity index (χ1n) is 31.1. The Bertz CT molecular complexity index is 1810. The molecule has 0 aliphatic rings. The van der Waals surface area contributed by atoms with Crippen LogP contribution in [0.4, 0.5) is 0 Å². The van der Waals surface area contributed by atoms with Crippen molar-refractivity contribution in [2.45, 2.75) is 252 Å². The van der Waals surface area contributed by atoms with Gasteiger partial charge in [-0.15, -0.1) is 0 Å². The minimum atomic E-state index is -0.842. The molecule has 0 heterocycles. The molecule has 0 aromatic heterocycles. The van der Waals surface area contributed by atoms with E-state index in [1.54, 1.807) is 0 Å². The van der Waals surface area contributed by atoms with E-state index < -0.39 is 12.1 Å². The van der Waals surface area contributed by atoms with Gasteiger partial charge in [0.2, 0.25) is 0 Å². The van der Waals surface area contributed by atoms with Crippen molar-refractivity contribution in [1.29, 1.82) is 0 Å². The molecule has 0 bridgehead atoms. The second kappa shape index (κ2) is 64.3. The number of unbranched alkanes of at least 4 members (excludes halogenated alkanes) is 15. The Kier molecular flexibility index (Phi) is 60.0. The van der Waals surface area contributed by atoms with Gasteiger partial charge in [-0.25, -0.2) is 0 Å². The van der Waals surface area contributed by atoms with Crippen molar-refractivity contribution in [2.75, 3.05) is 13.2 Å². The molecule has 0 aromatic carbocycles. The molecule has 0 rings (SSSR count). The van der Waals surface area contributed by atoms with Gasteiger partial charge < -0.3 is 14.2 Å². The first kappa shape index (κ1) is 72.8. The van der Waals surface area contributed by atoms with Crippen LogP contribution in [0.25, 0.3) is 0 Å². The zero-order chi connectivity index (χ0) is 56.4. The van der Waals surface area contributed by atoms with E-state index in [4.69, 9.17) is 14.2 Å². The van der Waals surface area contributed by atoms with Crippen LogP contribution in [0.1, 0.15) is 245 Å². The highest BCUT2D eigenvalue weighted by molar-refractivity contribution is 5.71. The van der Waals surface area contributed by atoms with Crippen LogP contribution in [0.15, 0.2) is 170 Å². The minimum absolute atomic E-state index is 0.128. The molecule has 0 aliphatic carbocycles. The molecular weight excluding hydrogens is 961 g/mol. The van der Waals surface area contributed by atoms with Crippen molar-refractivity contribution in [3.8, 4) is 0 Å². The Morgan fingerprint density at radius 1 is 0.269 bits per heavy atom. The van der Waals surface area contributed by atoms with Gasteiger partial charge in [0.25, 0.3) is 0 Å². The molecule has 0 amide bonds. The van der Waals surface area contributed by atoms with Crippen LogP contribution in [-0.2, 0) is 28.6 Å². The molecule has 436 valence electrons. The number of rotatable bonds is 54. The molecule has 78 heavy (non-hydrogen) atoms. The van der Waals surface area contributed by atoms with E-state index in [0.717, 1.165) is 154 Å². The van der Waals surface area contributed by atoms with E-state index >= 15 is 0 Å². The van der Waals surface area contributed by atoms with E-state index in [2.05, 4.69) is 179 Å². The van der Waals surface area contributed by atoms with Gasteiger partial charge in [-0.05, 0) is 141 Å². The standard InChI is InChI=1S/C72H112O6/c1-4-7-10-13-16-19-22-25-28-31-33-34-35-36-37-38-40-41-44-47-50-53-56-59-62-65-71(74)77-68-69(67-76-70(73)64-61-58-55-52-49-46-43-30-27-24-21-18-15-12-9-6-3)78-72(75)66-63-60-57-54-51-48-45-42-39-32-29-26-23-20-17-14-11-8-5-2/h7-8,10-11,16-17,19-21,24-26,28-30,33-34,36-37,39-43,48,51,57,60,69H,4-6,9,12-15,18,22-23,27,31-32,35,38,44-47,49-50,52-56,58-59,61-68H2,1-3H3/b10-7-,11-8-,19-16-,20-17-,24-21-,28-25-,29-26-,34-33-,37-36-,41-40-,42-39-,43-30-,51-48-,60-57-. The first-order valence-corrected chi connectivity index (χ1v) is 31.1. The maximum Gasteiger partial charge on any atom is 0.306 e. The smallest absolute Gasteiger partial charge is 0.306 e. The van der Waals surface area contributed by atoms with Crippen LogP contribution in [0.2, 0.25) is 0 Å². The SMILES string of the molecule is CC/C=C\C/C=C\C/C=C\C/C=C\C/C=C\C/C=C\CCCCCCCCC(=O)OCC(COC(=O)CCCCCCC/C=C\C/C=C\CCCCCC)OC(=O)CC/C=C\C/C=C\C/C=C\C/C=C\C/C=C\C/C=C\CC. The summed E-state index contributed by atoms with van der Waals surface area (Å²) >= 11 is 0. The minimum Gasteiger partial charge on any atom is -0.462 e. The predicted molar refractivity (Wildman–Crippen MR) is 338 cm³/mol. The van der Waals surface area contributed by atoms with E-state index in [9.17, 15) is 14.4 Å². The summed E-state index contributed by atoms with van der Waals surface area (Å²) in [5.74, 6) is -1.05. The molecule has 0 saturated heterocycles. The molecule has 0 spiro atoms. The quantitative estimate of drug-likeness (QED) is 0.0261. The molecule has 0 aromatic rings. The molecule has 0 fully saturated rings. The van der Waals surface area contributed by atoms with Crippen molar-refractivity contribution < 1.29 is 28.6 Å². The largest absolute Gasteiger partial charge is 0.462 e. The highest BCUT2D eigenvalue weighted by atomic mass is 16.6. The fraction of sp³-hybridized carbons (Fsp3) is 0.569. The third-order valence-corrected chi connectivity index (χ3v) is 12.4. The third-order valence-electron chi connectivity index (χ3n) is 12.4. The molecule has 1 atom stereocenters. The number of ether oxygens (including phenoxy) is 3. The zero-order valence-corrected chi connectivity index (χ0v) is 49.9. The Morgan fingerprint density at radius 2 is 0.526 bits per heavy atom. The fourth-order valence-corrected chi connectivity index (χ4v) is 7.85. The lowest BCUT2D eigenvalue weighted by Crippen LogP contribution is -2.30. The molecular formula is C72H112O6. The summed E-state index contributed by atoms with van der Waals surface area (Å²) in [7, 11) is 0. The Labute approximate surface area is 479 Å². The van der Waals surface area contributed by atoms with Crippen molar-refractivity contribution in [1.82, 2.24) is 0 Å². The molecule has 6 nitrogen and oxygen atoms in total. The first-order chi connectivity index (χ1) is 38.5. The van der Waals surface area contributed by atoms with Gasteiger partial charge in [0.1, 0.15) is 13.2 Å². The van der Waals surface area contributed by atoms with Gasteiger partial charge in [0.05, 0.1) is 0 Å². The maximum absolute atomic E-state index is 12.9. The summed E-state index contributed by atoms with van der Waals surface area (Å²) in [5, 5.41) is 0. The topological polar surface area (TPSA) is 78.9 Å². The number of esters is 3. The molecule has 1 unspecified atom stereocenters. The summed E-state index contributed by atoms with van der Waals surface area (Å²) in [6.07, 6.45) is 95.0. The Hall–Kier alpha value is -5.23. The summed E-state index contributed by atoms with van der Waals surface area (Å²) in [6.45, 7) is 6.30. The second-order valence-corrected chi connectivity index (χ2v) is 19.8. The van der Waals surface area contributed by atoms with Crippen molar-refractivity contribution in [3.63, 3.8) is 0 Å². The lowest BCUT2D eigenvalue weighted by atomic mass is 10.1. The van der Waals surface area contributed by atoms with Gasteiger partial charge in [0, 0.05) is 19.3 Å². The third kappa shape index (κ3) is 61.6. The molecule has 0 radical (unpaired) electrons. The highest BCUT2D eigenvalue weighted by Gasteiger charge is 2.19. The molecule has 0 N–H and O–H groups in total. The van der Waals surface area contributed by atoms with E-state index in [1.165, 1.54) is 44.9 Å². The Morgan fingerprint density at radius 3 is 0.833 bits per heavy atom. The van der Waals surface area contributed by atoms with Crippen LogP contribution in [0.3, 0.4) is 0 Å². The van der Waals surface area contributed by atoms with Gasteiger partial charge in [-0.2, -0.15) is 0 Å². The zero-order valence-electron chi connectivity index (χ0n) is 49.9. The number of hydrogen-bond acceptors (Lipinski definition) is 6. The normalized spacial score (nSPS) is 13.3. The average molecular weight is 1070 g/mol. The second-order valence-electron chi connectivity index (χ2n) is 19.8. The fourth-order valence-electron chi connectivity index (χ4n) is 7.85. The number of hydrogen-bond donors (Lipinski definition) is 0. The number of allylic oxidation sites excluding steroid dienone is 28. The van der Waals surface area contributed by atoms with Gasteiger partial charge >= 0.3 is 17.9 Å². The molecule has 0 aliphatic heterocycles. The highest BCUT2D eigenvalue weighted by Crippen LogP contribution is 2.13. The summed E-state index contributed by atoms with van der Waals surface area (Å²) < 4.78 is 16.8. The van der Waals surface area contributed by atoms with E-state index in [0.29, 0.717) is 19.3 Å². The maximum atomic E-state index is 12.9. The van der Waals surface area contributed by atoms with Crippen molar-refractivity contribution in [3.05, 3.63) is 170 Å². The Balaban J connectivity index is 4.55. The van der Waals surface area contributed by atoms with Crippen molar-refractivity contribution >= 4 is 17.9 Å². The van der Waals surface area contributed by atoms with Crippen LogP contribution >= 0.6 is 0 Å². The van der Waals surface area contributed by atoms with Crippen LogP contribution in [0, 0.1) is 0 Å². The monoisotopic (exact) mass is 1070 g/mol. The summed E-state index contributed by atoms with van der Waals surface area (Å²) in [4.78, 5) is 38.3. The van der Waals surface area contributed by atoms with Crippen molar-refractivity contribution in [2.24, 2.45) is 0 Å². The summed E-state index contributed by atoms with van der Waals surface area (Å²) in [6, 6.07) is 0. The van der Waals surface area contributed by atoms with Gasteiger partial charge in [-0.3, -0.25) is 14.4 Å². The predicted octanol–water partition coefficient (Wildman–Crippen LogP) is 21.5. The number of carbonyl (C=O) groups excluding carboxylic acids is 3. The van der Waals surface area contributed by atoms with Crippen LogP contribution < -0.4 is 0 Å². The molecule has 0 saturated carbocycles. The summed E-state index contributed by atoms with van der Waals surface area (Å²) in [5.41, 5.74) is 0. The van der Waals surface area contributed by atoms with Crippen LogP contribution in [0.5, 0.6) is 0 Å².